The molecule has 168 valence electrons. The van der Waals surface area contributed by atoms with E-state index in [1.165, 1.54) is 6.07 Å². The monoisotopic (exact) mass is 446 g/mol. The fraction of sp³-hybridized carbons (Fsp3) is 0.375. The molecule has 4 atom stereocenters. The van der Waals surface area contributed by atoms with Crippen LogP contribution >= 0.6 is 0 Å². The summed E-state index contributed by atoms with van der Waals surface area (Å²) in [4.78, 5) is 55.3. The molecule has 0 saturated carbocycles. The third-order valence-corrected chi connectivity index (χ3v) is 7.80. The quantitative estimate of drug-likeness (QED) is 0.431. The van der Waals surface area contributed by atoms with Crippen LogP contribution in [0.2, 0.25) is 0 Å². The summed E-state index contributed by atoms with van der Waals surface area (Å²) in [6, 6.07) is 9.84. The highest BCUT2D eigenvalue weighted by Gasteiger charge is 2.74. The molecule has 3 fully saturated rings. The van der Waals surface area contributed by atoms with E-state index in [-0.39, 0.29) is 29.2 Å². The predicted molar refractivity (Wildman–Crippen MR) is 119 cm³/mol. The summed E-state index contributed by atoms with van der Waals surface area (Å²) in [5.74, 6) is -2.68. The molecule has 0 aliphatic carbocycles. The van der Waals surface area contributed by atoms with Crippen molar-refractivity contribution in [2.24, 2.45) is 11.8 Å². The van der Waals surface area contributed by atoms with Crippen molar-refractivity contribution in [2.45, 2.75) is 38.3 Å². The number of aryl methyl sites for hydroxylation is 2. The fourth-order valence-corrected chi connectivity index (χ4v) is 6.50. The van der Waals surface area contributed by atoms with Crippen LogP contribution in [0.25, 0.3) is 0 Å². The summed E-state index contributed by atoms with van der Waals surface area (Å²) in [6.45, 7) is 4.18. The molecule has 33 heavy (non-hydrogen) atoms. The van der Waals surface area contributed by atoms with Crippen LogP contribution in [-0.4, -0.2) is 40.1 Å². The van der Waals surface area contributed by atoms with Gasteiger partial charge in [-0.3, -0.25) is 29.4 Å². The summed E-state index contributed by atoms with van der Waals surface area (Å²) in [7, 11) is 0. The van der Waals surface area contributed by atoms with Gasteiger partial charge in [0.25, 0.3) is 5.69 Å². The number of carbonyl (C=O) groups excluding carboxylic acids is 3. The maximum absolute atomic E-state index is 13.9. The van der Waals surface area contributed by atoms with E-state index in [0.29, 0.717) is 17.8 Å². The molecule has 2 aromatic carbocycles. The Morgan fingerprint density at radius 1 is 1.09 bits per heavy atom. The van der Waals surface area contributed by atoms with Gasteiger partial charge in [-0.15, -0.1) is 0 Å². The lowest BCUT2D eigenvalue weighted by Gasteiger charge is -2.36. The van der Waals surface area contributed by atoms with Crippen LogP contribution in [-0.2, 0) is 19.9 Å². The molecule has 0 aromatic heterocycles. The van der Waals surface area contributed by atoms with E-state index >= 15 is 0 Å². The first-order valence-corrected chi connectivity index (χ1v) is 11.1. The Morgan fingerprint density at radius 2 is 1.88 bits per heavy atom. The molecule has 3 amide bonds. The molecule has 4 heterocycles. The van der Waals surface area contributed by atoms with E-state index in [0.717, 1.165) is 28.9 Å². The van der Waals surface area contributed by atoms with E-state index in [9.17, 15) is 24.5 Å². The molecule has 1 spiro atoms. The standard InChI is InChI=1S/C24H22N4O5/c1-12-5-8-16-15(10-12)24(23(31)25-16)20-19(17-4-3-9-26(17)24)21(29)27(22(20)30)14-7-6-13(2)18(11-14)28(32)33/h5-8,10-11,17,19-20H,3-4,9H2,1-2H3,(H,25,31)/t17-,19+,20-,24+/m0/s1. The number of fused-ring (bicyclic) bond motifs is 7. The summed E-state index contributed by atoms with van der Waals surface area (Å²) >= 11 is 0. The molecule has 0 unspecified atom stereocenters. The second-order valence-corrected chi connectivity index (χ2v) is 9.42. The maximum atomic E-state index is 13.9. The van der Waals surface area contributed by atoms with E-state index in [4.69, 9.17) is 0 Å². The second kappa shape index (κ2) is 6.48. The summed E-state index contributed by atoms with van der Waals surface area (Å²) in [6.07, 6.45) is 1.56. The Labute approximate surface area is 189 Å². The minimum Gasteiger partial charge on any atom is -0.324 e. The molecule has 4 aliphatic heterocycles. The summed E-state index contributed by atoms with van der Waals surface area (Å²) in [5, 5.41) is 14.4. The number of rotatable bonds is 2. The number of nitro groups is 1. The lowest BCUT2D eigenvalue weighted by Crippen LogP contribution is -2.54. The molecule has 4 aliphatic rings. The van der Waals surface area contributed by atoms with Gasteiger partial charge in [-0.05, 0) is 45.4 Å². The van der Waals surface area contributed by atoms with Crippen molar-refractivity contribution in [1.82, 2.24) is 4.90 Å². The fourth-order valence-electron chi connectivity index (χ4n) is 6.50. The molecular formula is C24H22N4O5. The number of amides is 3. The van der Waals surface area contributed by atoms with Crippen molar-refractivity contribution >= 4 is 34.8 Å². The highest BCUT2D eigenvalue weighted by atomic mass is 16.6. The Hall–Kier alpha value is -3.59. The van der Waals surface area contributed by atoms with Gasteiger partial charge < -0.3 is 5.32 Å². The Balaban J connectivity index is 1.54. The smallest absolute Gasteiger partial charge is 0.274 e. The van der Waals surface area contributed by atoms with Gasteiger partial charge in [-0.1, -0.05) is 23.8 Å². The van der Waals surface area contributed by atoms with E-state index < -0.39 is 28.2 Å². The van der Waals surface area contributed by atoms with E-state index in [1.807, 2.05) is 25.1 Å². The average Bonchev–Trinajstić information content (AvgIpc) is 3.47. The first-order valence-electron chi connectivity index (χ1n) is 11.1. The summed E-state index contributed by atoms with van der Waals surface area (Å²) < 4.78 is 0. The minimum absolute atomic E-state index is 0.151. The maximum Gasteiger partial charge on any atom is 0.274 e. The number of anilines is 2. The zero-order chi connectivity index (χ0) is 23.2. The highest BCUT2D eigenvalue weighted by molar-refractivity contribution is 6.26. The van der Waals surface area contributed by atoms with Crippen molar-refractivity contribution in [3.8, 4) is 0 Å². The van der Waals surface area contributed by atoms with Gasteiger partial charge in [0.2, 0.25) is 17.7 Å². The minimum atomic E-state index is -1.24. The van der Waals surface area contributed by atoms with Crippen molar-refractivity contribution in [2.75, 3.05) is 16.8 Å². The van der Waals surface area contributed by atoms with Crippen molar-refractivity contribution < 1.29 is 19.3 Å². The van der Waals surface area contributed by atoms with Crippen LogP contribution in [0.15, 0.2) is 36.4 Å². The van der Waals surface area contributed by atoms with Gasteiger partial charge in [-0.25, -0.2) is 4.90 Å². The van der Waals surface area contributed by atoms with Crippen LogP contribution in [0, 0.1) is 35.8 Å². The number of nitrogens with one attached hydrogen (secondary N) is 1. The number of nitrogens with zero attached hydrogens (tertiary/aromatic N) is 3. The van der Waals surface area contributed by atoms with Crippen molar-refractivity contribution in [1.29, 1.82) is 0 Å². The zero-order valence-corrected chi connectivity index (χ0v) is 18.2. The highest BCUT2D eigenvalue weighted by Crippen LogP contribution is 2.60. The molecule has 0 radical (unpaired) electrons. The van der Waals surface area contributed by atoms with Gasteiger partial charge in [0.15, 0.2) is 0 Å². The number of imide groups is 1. The predicted octanol–water partition coefficient (Wildman–Crippen LogP) is 2.64. The number of hydrogen-bond donors (Lipinski definition) is 1. The van der Waals surface area contributed by atoms with Crippen molar-refractivity contribution in [3.63, 3.8) is 0 Å². The Bertz CT molecular complexity index is 1290. The van der Waals surface area contributed by atoms with Crippen LogP contribution in [0.1, 0.15) is 29.5 Å². The first kappa shape index (κ1) is 20.0. The van der Waals surface area contributed by atoms with Crippen LogP contribution < -0.4 is 10.2 Å². The molecule has 3 saturated heterocycles. The summed E-state index contributed by atoms with van der Waals surface area (Å²) in [5.41, 5.74) is 1.60. The van der Waals surface area contributed by atoms with Gasteiger partial charge in [0, 0.05) is 28.9 Å². The number of carbonyl (C=O) groups is 3. The first-order chi connectivity index (χ1) is 15.8. The molecular weight excluding hydrogens is 424 g/mol. The van der Waals surface area contributed by atoms with Crippen LogP contribution in [0.3, 0.4) is 0 Å². The molecule has 6 rings (SSSR count). The molecule has 9 nitrogen and oxygen atoms in total. The average molecular weight is 446 g/mol. The van der Waals surface area contributed by atoms with Gasteiger partial charge in [-0.2, -0.15) is 0 Å². The van der Waals surface area contributed by atoms with Gasteiger partial charge >= 0.3 is 0 Å². The topological polar surface area (TPSA) is 113 Å². The molecule has 1 N–H and O–H groups in total. The van der Waals surface area contributed by atoms with E-state index in [1.54, 1.807) is 19.1 Å². The lowest BCUT2D eigenvalue weighted by molar-refractivity contribution is -0.385. The zero-order valence-electron chi connectivity index (χ0n) is 18.2. The lowest BCUT2D eigenvalue weighted by atomic mass is 9.75. The molecule has 9 heteroatoms. The second-order valence-electron chi connectivity index (χ2n) is 9.42. The number of hydrogen-bond acceptors (Lipinski definition) is 6. The SMILES string of the molecule is Cc1ccc2c(c1)[C@]1(C(=O)N2)[C@@H]2C(=O)N(c3ccc(C)c([N+](=O)[O-])c3)C(=O)[C@@H]2[C@@H]2CCCN21. The third kappa shape index (κ3) is 2.32. The Kier molecular flexibility index (Phi) is 3.93. The normalized spacial score (nSPS) is 30.1. The number of nitro benzene ring substituents is 1. The van der Waals surface area contributed by atoms with Crippen molar-refractivity contribution in [3.05, 3.63) is 63.2 Å². The van der Waals surface area contributed by atoms with Gasteiger partial charge in [0.1, 0.15) is 5.54 Å². The van der Waals surface area contributed by atoms with E-state index in [2.05, 4.69) is 10.2 Å². The van der Waals surface area contributed by atoms with Crippen LogP contribution in [0.5, 0.6) is 0 Å². The third-order valence-electron chi connectivity index (χ3n) is 7.80. The molecule has 0 bridgehead atoms. The Morgan fingerprint density at radius 3 is 2.64 bits per heavy atom. The molecule has 2 aromatic rings. The number of benzene rings is 2. The largest absolute Gasteiger partial charge is 0.324 e. The van der Waals surface area contributed by atoms with Crippen LogP contribution in [0.4, 0.5) is 17.1 Å². The van der Waals surface area contributed by atoms with Gasteiger partial charge in [0.05, 0.1) is 22.4 Å².